The van der Waals surface area contributed by atoms with Gasteiger partial charge < -0.3 is 10.4 Å². The van der Waals surface area contributed by atoms with Crippen LogP contribution in [0.15, 0.2) is 36.7 Å². The van der Waals surface area contributed by atoms with Crippen LogP contribution in [0.25, 0.3) is 0 Å². The van der Waals surface area contributed by atoms with Crippen molar-refractivity contribution in [1.82, 2.24) is 10.3 Å². The van der Waals surface area contributed by atoms with E-state index in [0.717, 1.165) is 16.7 Å². The molecule has 1 aromatic carbocycles. The van der Waals surface area contributed by atoms with Crippen molar-refractivity contribution in [3.63, 3.8) is 0 Å². The molecule has 23 heavy (non-hydrogen) atoms. The predicted octanol–water partition coefficient (Wildman–Crippen LogP) is 2.93. The van der Waals surface area contributed by atoms with Gasteiger partial charge in [-0.25, -0.2) is 0 Å². The van der Waals surface area contributed by atoms with Gasteiger partial charge in [-0.05, 0) is 49.1 Å². The third-order valence-electron chi connectivity index (χ3n) is 4.02. The smallest absolute Gasteiger partial charge is 0.251 e. The number of hydrogen-bond acceptors (Lipinski definition) is 3. The topological polar surface area (TPSA) is 62.2 Å². The first-order valence-corrected chi connectivity index (χ1v) is 7.94. The number of nitrogens with one attached hydrogen (secondary N) is 1. The fourth-order valence-corrected chi connectivity index (χ4v) is 2.61. The lowest BCUT2D eigenvalue weighted by molar-refractivity contribution is 0.0939. The Labute approximate surface area is 141 Å². The normalized spacial score (nSPS) is 12.0. The molecule has 1 aromatic heterocycles. The number of aliphatic hydroxyl groups excluding tert-OH is 1. The number of carbonyl (C=O) groups excluding carboxylic acids is 1. The van der Waals surface area contributed by atoms with E-state index in [-0.39, 0.29) is 18.4 Å². The van der Waals surface area contributed by atoms with E-state index in [0.29, 0.717) is 23.6 Å². The summed E-state index contributed by atoms with van der Waals surface area (Å²) in [5.41, 5.74) is 3.65. The van der Waals surface area contributed by atoms with Gasteiger partial charge in [0, 0.05) is 37.0 Å². The van der Waals surface area contributed by atoms with Gasteiger partial charge in [0.1, 0.15) is 0 Å². The Morgan fingerprint density at radius 3 is 2.83 bits per heavy atom. The van der Waals surface area contributed by atoms with Crippen molar-refractivity contribution in [1.29, 1.82) is 0 Å². The molecular weight excluding hydrogens is 312 g/mol. The van der Waals surface area contributed by atoms with Gasteiger partial charge in [0.25, 0.3) is 5.91 Å². The van der Waals surface area contributed by atoms with Gasteiger partial charge in [-0.3, -0.25) is 9.78 Å². The Kier molecular flexibility index (Phi) is 6.13. The number of pyridine rings is 1. The van der Waals surface area contributed by atoms with E-state index in [2.05, 4.69) is 10.3 Å². The standard InChI is InChI=1S/C18H21ClN2O2/c1-12-4-3-5-16(13(12)2)18(23)21-9-14(11-22)8-15-6-7-20-10-17(15)19/h3-7,10,14,22H,8-9,11H2,1-2H3,(H,21,23). The van der Waals surface area contributed by atoms with E-state index in [9.17, 15) is 9.90 Å². The largest absolute Gasteiger partial charge is 0.396 e. The molecule has 1 heterocycles. The lowest BCUT2D eigenvalue weighted by atomic mass is 10.00. The minimum Gasteiger partial charge on any atom is -0.396 e. The van der Waals surface area contributed by atoms with Crippen LogP contribution in [0.5, 0.6) is 0 Å². The highest BCUT2D eigenvalue weighted by Gasteiger charge is 2.15. The van der Waals surface area contributed by atoms with Crippen LogP contribution in [-0.2, 0) is 6.42 Å². The molecule has 2 rings (SSSR count). The van der Waals surface area contributed by atoms with E-state index in [4.69, 9.17) is 11.6 Å². The number of aryl methyl sites for hydroxylation is 1. The zero-order chi connectivity index (χ0) is 16.8. The van der Waals surface area contributed by atoms with Crippen LogP contribution in [0.1, 0.15) is 27.0 Å². The number of aromatic nitrogens is 1. The van der Waals surface area contributed by atoms with Gasteiger partial charge in [0.15, 0.2) is 0 Å². The summed E-state index contributed by atoms with van der Waals surface area (Å²) in [7, 11) is 0. The first-order chi connectivity index (χ1) is 11.0. The van der Waals surface area contributed by atoms with Crippen molar-refractivity contribution in [2.75, 3.05) is 13.2 Å². The summed E-state index contributed by atoms with van der Waals surface area (Å²) in [6.45, 7) is 4.28. The summed E-state index contributed by atoms with van der Waals surface area (Å²) in [5.74, 6) is -0.213. The van der Waals surface area contributed by atoms with Crippen LogP contribution in [0.3, 0.4) is 0 Å². The van der Waals surface area contributed by atoms with Crippen molar-refractivity contribution in [2.24, 2.45) is 5.92 Å². The number of amides is 1. The van der Waals surface area contributed by atoms with E-state index < -0.39 is 0 Å². The van der Waals surface area contributed by atoms with E-state index in [1.54, 1.807) is 12.4 Å². The number of benzene rings is 1. The van der Waals surface area contributed by atoms with Crippen LogP contribution >= 0.6 is 11.6 Å². The zero-order valence-electron chi connectivity index (χ0n) is 13.3. The molecule has 0 aliphatic rings. The van der Waals surface area contributed by atoms with Crippen molar-refractivity contribution < 1.29 is 9.90 Å². The quantitative estimate of drug-likeness (QED) is 0.855. The number of carbonyl (C=O) groups is 1. The van der Waals surface area contributed by atoms with Crippen molar-refractivity contribution >= 4 is 17.5 Å². The van der Waals surface area contributed by atoms with Crippen molar-refractivity contribution in [2.45, 2.75) is 20.3 Å². The van der Waals surface area contributed by atoms with Gasteiger partial charge >= 0.3 is 0 Å². The first kappa shape index (κ1) is 17.4. The Hall–Kier alpha value is -1.91. The van der Waals surface area contributed by atoms with E-state index in [1.807, 2.05) is 38.1 Å². The van der Waals surface area contributed by atoms with Crippen LogP contribution in [0.2, 0.25) is 5.02 Å². The van der Waals surface area contributed by atoms with E-state index >= 15 is 0 Å². The molecule has 0 radical (unpaired) electrons. The third-order valence-corrected chi connectivity index (χ3v) is 4.36. The highest BCUT2D eigenvalue weighted by atomic mass is 35.5. The second-order valence-electron chi connectivity index (χ2n) is 5.68. The Balaban J connectivity index is 1.99. The number of aliphatic hydroxyl groups is 1. The SMILES string of the molecule is Cc1cccc(C(=O)NCC(CO)Cc2ccncc2Cl)c1C. The second kappa shape index (κ2) is 8.09. The summed E-state index contributed by atoms with van der Waals surface area (Å²) in [5, 5.41) is 13.0. The van der Waals surface area contributed by atoms with Crippen LogP contribution < -0.4 is 5.32 Å². The van der Waals surface area contributed by atoms with E-state index in [1.165, 1.54) is 0 Å². The molecule has 0 spiro atoms. The molecule has 0 aliphatic carbocycles. The molecule has 2 aromatic rings. The molecule has 1 unspecified atom stereocenters. The molecular formula is C18H21ClN2O2. The zero-order valence-corrected chi connectivity index (χ0v) is 14.1. The Bertz CT molecular complexity index is 688. The van der Waals surface area contributed by atoms with Gasteiger partial charge in [-0.2, -0.15) is 0 Å². The van der Waals surface area contributed by atoms with Gasteiger partial charge in [-0.1, -0.05) is 23.7 Å². The van der Waals surface area contributed by atoms with Gasteiger partial charge in [-0.15, -0.1) is 0 Å². The summed E-state index contributed by atoms with van der Waals surface area (Å²) in [6.07, 6.45) is 3.84. The van der Waals surface area contributed by atoms with Crippen LogP contribution in [0.4, 0.5) is 0 Å². The van der Waals surface area contributed by atoms with Crippen LogP contribution in [-0.4, -0.2) is 29.1 Å². The van der Waals surface area contributed by atoms with Gasteiger partial charge in [0.05, 0.1) is 5.02 Å². The molecule has 2 N–H and O–H groups in total. The Morgan fingerprint density at radius 2 is 2.13 bits per heavy atom. The fourth-order valence-electron chi connectivity index (χ4n) is 2.41. The number of halogens is 1. The molecule has 0 bridgehead atoms. The average Bonchev–Trinajstić information content (AvgIpc) is 2.55. The molecule has 1 amide bonds. The lowest BCUT2D eigenvalue weighted by Gasteiger charge is -2.16. The lowest BCUT2D eigenvalue weighted by Crippen LogP contribution is -2.32. The molecule has 5 heteroatoms. The highest BCUT2D eigenvalue weighted by molar-refractivity contribution is 6.31. The molecule has 0 saturated heterocycles. The summed E-state index contributed by atoms with van der Waals surface area (Å²) in [4.78, 5) is 16.3. The molecule has 0 aliphatic heterocycles. The van der Waals surface area contributed by atoms with Crippen molar-refractivity contribution in [3.05, 3.63) is 63.9 Å². The second-order valence-corrected chi connectivity index (χ2v) is 6.08. The highest BCUT2D eigenvalue weighted by Crippen LogP contribution is 2.18. The van der Waals surface area contributed by atoms with Crippen molar-refractivity contribution in [3.8, 4) is 0 Å². The van der Waals surface area contributed by atoms with Crippen LogP contribution in [0, 0.1) is 19.8 Å². The maximum Gasteiger partial charge on any atom is 0.251 e. The first-order valence-electron chi connectivity index (χ1n) is 7.56. The van der Waals surface area contributed by atoms with Gasteiger partial charge in [0.2, 0.25) is 0 Å². The molecule has 1 atom stereocenters. The maximum atomic E-state index is 12.3. The molecule has 122 valence electrons. The minimum atomic E-state index is -0.120. The molecule has 0 fully saturated rings. The number of hydrogen-bond donors (Lipinski definition) is 2. The predicted molar refractivity (Wildman–Crippen MR) is 91.8 cm³/mol. The summed E-state index contributed by atoms with van der Waals surface area (Å²) >= 11 is 6.09. The molecule has 4 nitrogen and oxygen atoms in total. The summed E-state index contributed by atoms with van der Waals surface area (Å²) < 4.78 is 0. The third kappa shape index (κ3) is 4.53. The number of nitrogens with zero attached hydrogens (tertiary/aromatic N) is 1. The average molecular weight is 333 g/mol. The minimum absolute atomic E-state index is 0.0221. The summed E-state index contributed by atoms with van der Waals surface area (Å²) in [6, 6.07) is 7.49. The monoisotopic (exact) mass is 332 g/mol. The molecule has 0 saturated carbocycles. The number of rotatable bonds is 6. The fraction of sp³-hybridized carbons (Fsp3) is 0.333. The Morgan fingerprint density at radius 1 is 1.35 bits per heavy atom. The maximum absolute atomic E-state index is 12.3.